The summed E-state index contributed by atoms with van der Waals surface area (Å²) in [6.07, 6.45) is 0.803. The van der Waals surface area contributed by atoms with Gasteiger partial charge in [0.05, 0.1) is 0 Å². The number of carboxylic acids is 1. The second-order valence-electron chi connectivity index (χ2n) is 4.10. The van der Waals surface area contributed by atoms with Gasteiger partial charge in [0.1, 0.15) is 5.78 Å². The lowest BCUT2D eigenvalue weighted by Gasteiger charge is -2.40. The van der Waals surface area contributed by atoms with E-state index in [1.54, 1.807) is 11.8 Å². The normalized spacial score (nSPS) is 32.0. The molecule has 1 aliphatic heterocycles. The predicted molar refractivity (Wildman–Crippen MR) is 65.9 cm³/mol. The molecule has 0 aromatic rings. The maximum Gasteiger partial charge on any atom is 0.329 e. The Morgan fingerprint density at radius 2 is 2.31 bits per heavy atom. The summed E-state index contributed by atoms with van der Waals surface area (Å²) in [6.45, 7) is 0.741. The molecule has 0 amide bonds. The van der Waals surface area contributed by atoms with Crippen molar-refractivity contribution in [2.45, 2.75) is 24.8 Å². The number of carbonyl (C=O) groups excluding carboxylic acids is 1. The molecule has 0 radical (unpaired) electrons. The number of carbonyl (C=O) groups is 2. The second-order valence-corrected chi connectivity index (χ2v) is 5.67. The van der Waals surface area contributed by atoms with Crippen LogP contribution in [-0.2, 0) is 9.59 Å². The van der Waals surface area contributed by atoms with Crippen molar-refractivity contribution < 1.29 is 14.7 Å². The summed E-state index contributed by atoms with van der Waals surface area (Å²) in [5.74, 6) is 0.799. The van der Waals surface area contributed by atoms with Crippen LogP contribution in [0.25, 0.3) is 0 Å². The highest BCUT2D eigenvalue weighted by molar-refractivity contribution is 7.99. The first-order chi connectivity index (χ1) is 7.57. The molecule has 1 N–H and O–H groups in total. The van der Waals surface area contributed by atoms with Crippen LogP contribution >= 0.6 is 24.0 Å². The Labute approximate surface area is 103 Å². The first-order valence-electron chi connectivity index (χ1n) is 5.18. The first kappa shape index (κ1) is 12.0. The highest BCUT2D eigenvalue weighted by Gasteiger charge is 2.51. The lowest BCUT2D eigenvalue weighted by molar-refractivity contribution is -0.147. The average Bonchev–Trinajstić information content (AvgIpc) is 2.71. The molecule has 1 heterocycles. The molecule has 0 bridgehead atoms. The van der Waals surface area contributed by atoms with Crippen molar-refractivity contribution in [2.75, 3.05) is 18.2 Å². The van der Waals surface area contributed by atoms with Gasteiger partial charge in [-0.25, -0.2) is 4.79 Å². The number of Topliss-reactive ketones (excluding diaryl/α,β-unsaturated/α-hetero) is 1. The molecular formula is C10H13NO3S2. The summed E-state index contributed by atoms with van der Waals surface area (Å²) in [4.78, 5) is 25.1. The number of thiocarbonyl (C=S) groups is 1. The molecule has 0 spiro atoms. The average molecular weight is 259 g/mol. The first-order valence-corrected chi connectivity index (χ1v) is 6.75. The number of nitrogens with zero attached hydrogens (tertiary/aromatic N) is 1. The SMILES string of the molecule is O=C1CCC(C(=O)O)(N2CCSC2)C(=S)C1. The Morgan fingerprint density at radius 1 is 1.56 bits per heavy atom. The molecule has 0 aromatic carbocycles. The molecule has 88 valence electrons. The Morgan fingerprint density at radius 3 is 2.81 bits per heavy atom. The third-order valence-electron chi connectivity index (χ3n) is 3.23. The zero-order valence-corrected chi connectivity index (χ0v) is 10.4. The molecule has 2 rings (SSSR count). The maximum atomic E-state index is 11.5. The Balaban J connectivity index is 2.31. The largest absolute Gasteiger partial charge is 0.480 e. The zero-order valence-electron chi connectivity index (χ0n) is 8.77. The van der Waals surface area contributed by atoms with E-state index >= 15 is 0 Å². The summed E-state index contributed by atoms with van der Waals surface area (Å²) in [7, 11) is 0. The van der Waals surface area contributed by atoms with E-state index in [2.05, 4.69) is 0 Å². The van der Waals surface area contributed by atoms with Crippen molar-refractivity contribution in [3.8, 4) is 0 Å². The summed E-state index contributed by atoms with van der Waals surface area (Å²) in [5, 5.41) is 9.46. The van der Waals surface area contributed by atoms with Gasteiger partial charge in [-0.1, -0.05) is 12.2 Å². The Bertz CT molecular complexity index is 352. The van der Waals surface area contributed by atoms with Crippen LogP contribution in [0.5, 0.6) is 0 Å². The van der Waals surface area contributed by atoms with Crippen molar-refractivity contribution >= 4 is 40.6 Å². The van der Waals surface area contributed by atoms with Crippen LogP contribution in [0.2, 0.25) is 0 Å². The van der Waals surface area contributed by atoms with Gasteiger partial charge >= 0.3 is 5.97 Å². The molecule has 6 heteroatoms. The van der Waals surface area contributed by atoms with Gasteiger partial charge < -0.3 is 5.11 Å². The number of thioether (sulfide) groups is 1. The molecule has 1 unspecified atom stereocenters. The summed E-state index contributed by atoms with van der Waals surface area (Å²) in [5.41, 5.74) is -1.06. The predicted octanol–water partition coefficient (Wildman–Crippen LogP) is 0.939. The van der Waals surface area contributed by atoms with E-state index in [0.717, 1.165) is 12.3 Å². The summed E-state index contributed by atoms with van der Waals surface area (Å²) < 4.78 is 0. The molecule has 16 heavy (non-hydrogen) atoms. The van der Waals surface area contributed by atoms with E-state index in [4.69, 9.17) is 12.2 Å². The van der Waals surface area contributed by atoms with Gasteiger partial charge in [0.25, 0.3) is 0 Å². The minimum Gasteiger partial charge on any atom is -0.480 e. The van der Waals surface area contributed by atoms with Gasteiger partial charge in [0, 0.05) is 35.9 Å². The zero-order chi connectivity index (χ0) is 11.8. The van der Waals surface area contributed by atoms with Gasteiger partial charge in [0.2, 0.25) is 0 Å². The minimum absolute atomic E-state index is 0.0636. The van der Waals surface area contributed by atoms with Crippen molar-refractivity contribution in [1.29, 1.82) is 0 Å². The number of hydrogen-bond donors (Lipinski definition) is 1. The van der Waals surface area contributed by atoms with E-state index in [9.17, 15) is 14.7 Å². The molecule has 1 aliphatic carbocycles. The molecular weight excluding hydrogens is 246 g/mol. The van der Waals surface area contributed by atoms with Crippen molar-refractivity contribution in [2.24, 2.45) is 0 Å². The van der Waals surface area contributed by atoms with Crippen LogP contribution in [0, 0.1) is 0 Å². The van der Waals surface area contributed by atoms with Gasteiger partial charge in [-0.05, 0) is 6.42 Å². The Hall–Kier alpha value is -0.460. The van der Waals surface area contributed by atoms with Crippen LogP contribution in [0.3, 0.4) is 0 Å². The van der Waals surface area contributed by atoms with E-state index in [0.29, 0.717) is 23.6 Å². The fourth-order valence-corrected chi connectivity index (χ4v) is 3.81. The number of aliphatic carboxylic acids is 1. The number of hydrogen-bond acceptors (Lipinski definition) is 5. The monoisotopic (exact) mass is 259 g/mol. The van der Waals surface area contributed by atoms with Gasteiger partial charge in [-0.2, -0.15) is 0 Å². The van der Waals surface area contributed by atoms with Gasteiger partial charge in [-0.3, -0.25) is 9.69 Å². The molecule has 0 aromatic heterocycles. The summed E-state index contributed by atoms with van der Waals surface area (Å²) >= 11 is 6.89. The quantitative estimate of drug-likeness (QED) is 0.745. The van der Waals surface area contributed by atoms with Crippen LogP contribution < -0.4 is 0 Å². The van der Waals surface area contributed by atoms with Crippen LogP contribution in [0.4, 0.5) is 0 Å². The van der Waals surface area contributed by atoms with Crippen molar-refractivity contribution in [3.05, 3.63) is 0 Å². The molecule has 1 saturated heterocycles. The lowest BCUT2D eigenvalue weighted by Crippen LogP contribution is -2.60. The standard InChI is InChI=1S/C10H13NO3S2/c12-7-1-2-10(9(13)14,8(15)5-7)11-3-4-16-6-11/h1-6H2,(H,13,14). The van der Waals surface area contributed by atoms with E-state index < -0.39 is 11.5 Å². The number of carboxylic acid groups (broad SMARTS) is 1. The van der Waals surface area contributed by atoms with E-state index in [1.165, 1.54) is 0 Å². The van der Waals surface area contributed by atoms with Crippen molar-refractivity contribution in [3.63, 3.8) is 0 Å². The lowest BCUT2D eigenvalue weighted by atomic mass is 9.79. The third kappa shape index (κ3) is 1.78. The topological polar surface area (TPSA) is 57.6 Å². The maximum absolute atomic E-state index is 11.5. The fraction of sp³-hybridized carbons (Fsp3) is 0.700. The van der Waals surface area contributed by atoms with Gasteiger partial charge in [-0.15, -0.1) is 11.8 Å². The number of ketones is 1. The smallest absolute Gasteiger partial charge is 0.329 e. The minimum atomic E-state index is -1.06. The van der Waals surface area contributed by atoms with E-state index in [-0.39, 0.29) is 12.2 Å². The fourth-order valence-electron chi connectivity index (χ4n) is 2.28. The highest BCUT2D eigenvalue weighted by Crippen LogP contribution is 2.34. The molecule has 1 saturated carbocycles. The molecule has 2 aliphatic rings. The molecule has 2 fully saturated rings. The van der Waals surface area contributed by atoms with Crippen LogP contribution in [0.1, 0.15) is 19.3 Å². The second kappa shape index (κ2) is 4.43. The van der Waals surface area contributed by atoms with Crippen LogP contribution in [0.15, 0.2) is 0 Å². The van der Waals surface area contributed by atoms with Gasteiger partial charge in [0.15, 0.2) is 5.54 Å². The Kier molecular flexibility index (Phi) is 3.32. The van der Waals surface area contributed by atoms with Crippen molar-refractivity contribution in [1.82, 2.24) is 4.90 Å². The molecule has 4 nitrogen and oxygen atoms in total. The molecule has 1 atom stereocenters. The summed E-state index contributed by atoms with van der Waals surface area (Å²) in [6, 6.07) is 0. The third-order valence-corrected chi connectivity index (χ3v) is 4.68. The highest BCUT2D eigenvalue weighted by atomic mass is 32.2. The van der Waals surface area contributed by atoms with Crippen LogP contribution in [-0.4, -0.2) is 50.3 Å². The van der Waals surface area contributed by atoms with E-state index in [1.807, 2.05) is 4.90 Å². The number of rotatable bonds is 2.